The molecule has 47 heavy (non-hydrogen) atoms. The molecule has 3 amide bonds. The summed E-state index contributed by atoms with van der Waals surface area (Å²) in [7, 11) is 0. The van der Waals surface area contributed by atoms with Crippen LogP contribution in [-0.4, -0.2) is 76.0 Å². The maximum absolute atomic E-state index is 14.7. The fourth-order valence-corrected chi connectivity index (χ4v) is 5.83. The molecule has 3 aromatic carbocycles. The van der Waals surface area contributed by atoms with E-state index in [1.165, 1.54) is 28.9 Å². The van der Waals surface area contributed by atoms with Gasteiger partial charge in [-0.15, -0.1) is 0 Å². The van der Waals surface area contributed by atoms with E-state index in [-0.39, 0.29) is 38.4 Å². The molecular weight excluding hydrogens is 602 g/mol. The van der Waals surface area contributed by atoms with E-state index in [0.29, 0.717) is 12.0 Å². The number of hydrogen-bond acceptors (Lipinski definition) is 5. The summed E-state index contributed by atoms with van der Waals surface area (Å²) in [6.45, 7) is 10.8. The maximum Gasteiger partial charge on any atom is 0.247 e. The van der Waals surface area contributed by atoms with Crippen molar-refractivity contribution in [1.82, 2.24) is 15.1 Å². The van der Waals surface area contributed by atoms with E-state index in [9.17, 15) is 28.3 Å². The predicted octanol–water partition coefficient (Wildman–Crippen LogP) is 4.91. The molecule has 3 atom stereocenters. The third-order valence-electron chi connectivity index (χ3n) is 7.92. The molecule has 3 aromatic rings. The van der Waals surface area contributed by atoms with Crippen LogP contribution in [0.25, 0.3) is 10.8 Å². The van der Waals surface area contributed by atoms with Gasteiger partial charge in [0.05, 0.1) is 6.10 Å². The minimum atomic E-state index is -1.14. The summed E-state index contributed by atoms with van der Waals surface area (Å²) in [5, 5.41) is 14.5. The van der Waals surface area contributed by atoms with Gasteiger partial charge >= 0.3 is 0 Å². The van der Waals surface area contributed by atoms with E-state index in [1.807, 2.05) is 63.2 Å². The highest BCUT2D eigenvalue weighted by Gasteiger charge is 2.37. The Hall–Kier alpha value is -4.15. The highest BCUT2D eigenvalue weighted by atomic mass is 19.2. The van der Waals surface area contributed by atoms with Crippen molar-refractivity contribution in [1.29, 1.82) is 0 Å². The summed E-state index contributed by atoms with van der Waals surface area (Å²) >= 11 is 0. The summed E-state index contributed by atoms with van der Waals surface area (Å²) in [4.78, 5) is 45.0. The number of amides is 3. The molecule has 0 aromatic heterocycles. The zero-order chi connectivity index (χ0) is 34.9. The van der Waals surface area contributed by atoms with Crippen molar-refractivity contribution in [3.8, 4) is 0 Å². The molecule has 0 aliphatic heterocycles. The molecule has 0 spiro atoms. The molecule has 0 heterocycles. The Balaban J connectivity index is 2.09. The lowest BCUT2D eigenvalue weighted by Gasteiger charge is -2.37. The molecule has 0 saturated carbocycles. The van der Waals surface area contributed by atoms with Crippen molar-refractivity contribution in [2.24, 2.45) is 5.73 Å². The fraction of sp³-hybridized carbons (Fsp3) is 0.432. The normalized spacial score (nSPS) is 14.0. The van der Waals surface area contributed by atoms with Gasteiger partial charge in [0.25, 0.3) is 0 Å². The van der Waals surface area contributed by atoms with Crippen LogP contribution < -0.4 is 11.1 Å². The minimum absolute atomic E-state index is 0.0689. The van der Waals surface area contributed by atoms with Crippen LogP contribution in [0.4, 0.5) is 8.78 Å². The molecule has 3 rings (SSSR count). The number of benzene rings is 3. The number of carbonyl (C=O) groups is 3. The van der Waals surface area contributed by atoms with Crippen molar-refractivity contribution >= 4 is 28.5 Å². The molecule has 254 valence electrons. The van der Waals surface area contributed by atoms with E-state index in [0.717, 1.165) is 34.0 Å². The summed E-state index contributed by atoms with van der Waals surface area (Å²) in [6, 6.07) is 14.9. The van der Waals surface area contributed by atoms with Crippen LogP contribution >= 0.6 is 0 Å². The number of rotatable bonds is 15. The van der Waals surface area contributed by atoms with E-state index >= 15 is 0 Å². The Morgan fingerprint density at radius 1 is 0.894 bits per heavy atom. The average Bonchev–Trinajstić information content (AvgIpc) is 3.00. The number of likely N-dealkylation sites (N-methyl/N-ethyl adjacent to an activating group) is 2. The Bertz CT molecular complexity index is 1580. The van der Waals surface area contributed by atoms with Crippen LogP contribution in [0.1, 0.15) is 59.1 Å². The molecule has 0 aliphatic carbocycles. The minimum Gasteiger partial charge on any atom is -0.392 e. The molecular formula is C37H48F2N4O4. The summed E-state index contributed by atoms with van der Waals surface area (Å²) in [5.74, 6) is -3.49. The molecule has 10 heteroatoms. The highest BCUT2D eigenvalue weighted by molar-refractivity contribution is 5.95. The van der Waals surface area contributed by atoms with Gasteiger partial charge in [-0.05, 0) is 82.0 Å². The number of carbonyl (C=O) groups excluding carboxylic acids is 3. The number of nitrogens with one attached hydrogen (secondary N) is 1. The Kier molecular flexibility index (Phi) is 13.2. The molecule has 8 nitrogen and oxygen atoms in total. The van der Waals surface area contributed by atoms with Gasteiger partial charge < -0.3 is 26.0 Å². The number of aliphatic hydroxyl groups excluding tert-OH is 1. The van der Waals surface area contributed by atoms with E-state index in [2.05, 4.69) is 5.32 Å². The first-order chi connectivity index (χ1) is 22.1. The molecule has 0 unspecified atom stereocenters. The molecule has 4 N–H and O–H groups in total. The topological polar surface area (TPSA) is 116 Å². The van der Waals surface area contributed by atoms with Gasteiger partial charge in [0, 0.05) is 44.1 Å². The number of aliphatic hydroxyl groups is 1. The third-order valence-corrected chi connectivity index (χ3v) is 7.92. The van der Waals surface area contributed by atoms with E-state index in [4.69, 9.17) is 5.73 Å². The first kappa shape index (κ1) is 37.3. The Morgan fingerprint density at radius 2 is 1.49 bits per heavy atom. The lowest BCUT2D eigenvalue weighted by Crippen LogP contribution is -2.58. The van der Waals surface area contributed by atoms with Crippen LogP contribution in [-0.2, 0) is 27.2 Å². The van der Waals surface area contributed by atoms with Gasteiger partial charge in [-0.3, -0.25) is 14.4 Å². The summed E-state index contributed by atoms with van der Waals surface area (Å²) < 4.78 is 28.0. The molecule has 0 saturated heterocycles. The second-order valence-electron chi connectivity index (χ2n) is 12.9. The number of nitrogens with zero attached hydrogens (tertiary/aromatic N) is 2. The SMILES string of the molecule is CCN(C(=O)/C=C(\C)CC(C)(C)N)[C@H](Cc1ccc2ccccc2c1)C(=O)N(CC)[C@H](Cc1ccc(F)c(F)c1)C(=O)NC[C@@H](C)O. The van der Waals surface area contributed by atoms with E-state index < -0.39 is 47.2 Å². The highest BCUT2D eigenvalue weighted by Crippen LogP contribution is 2.22. The van der Waals surface area contributed by atoms with Gasteiger partial charge in [0.15, 0.2) is 11.6 Å². The average molecular weight is 651 g/mol. The van der Waals surface area contributed by atoms with Gasteiger partial charge in [-0.25, -0.2) is 8.78 Å². The van der Waals surface area contributed by atoms with Gasteiger partial charge in [0.2, 0.25) is 17.7 Å². The third kappa shape index (κ3) is 10.7. The number of fused-ring (bicyclic) bond motifs is 1. The van der Waals surface area contributed by atoms with Gasteiger partial charge in [-0.1, -0.05) is 54.1 Å². The molecule has 0 fully saturated rings. The van der Waals surface area contributed by atoms with Crippen LogP contribution in [0.3, 0.4) is 0 Å². The predicted molar refractivity (Wildman–Crippen MR) is 181 cm³/mol. The second kappa shape index (κ2) is 16.6. The van der Waals surface area contributed by atoms with Crippen molar-refractivity contribution < 1.29 is 28.3 Å². The lowest BCUT2D eigenvalue weighted by molar-refractivity contribution is -0.148. The van der Waals surface area contributed by atoms with Gasteiger partial charge in [0.1, 0.15) is 12.1 Å². The quantitative estimate of drug-likeness (QED) is 0.202. The van der Waals surface area contributed by atoms with Crippen molar-refractivity contribution in [3.05, 3.63) is 95.1 Å². The Morgan fingerprint density at radius 3 is 2.09 bits per heavy atom. The van der Waals surface area contributed by atoms with Crippen LogP contribution in [0.5, 0.6) is 0 Å². The van der Waals surface area contributed by atoms with Crippen molar-refractivity contribution in [2.75, 3.05) is 19.6 Å². The van der Waals surface area contributed by atoms with Crippen molar-refractivity contribution in [3.63, 3.8) is 0 Å². The van der Waals surface area contributed by atoms with Crippen LogP contribution in [0.15, 0.2) is 72.3 Å². The van der Waals surface area contributed by atoms with Gasteiger partial charge in [-0.2, -0.15) is 0 Å². The first-order valence-corrected chi connectivity index (χ1v) is 16.1. The summed E-state index contributed by atoms with van der Waals surface area (Å²) in [5.41, 5.74) is 7.55. The van der Waals surface area contributed by atoms with Crippen LogP contribution in [0.2, 0.25) is 0 Å². The van der Waals surface area contributed by atoms with Crippen LogP contribution in [0, 0.1) is 11.6 Å². The monoisotopic (exact) mass is 650 g/mol. The maximum atomic E-state index is 14.7. The number of halogens is 2. The smallest absolute Gasteiger partial charge is 0.247 e. The van der Waals surface area contributed by atoms with E-state index in [1.54, 1.807) is 13.8 Å². The lowest BCUT2D eigenvalue weighted by atomic mass is 9.96. The largest absolute Gasteiger partial charge is 0.392 e. The molecule has 0 aliphatic rings. The first-order valence-electron chi connectivity index (χ1n) is 16.1. The zero-order valence-electron chi connectivity index (χ0n) is 28.2. The summed E-state index contributed by atoms with van der Waals surface area (Å²) in [6.07, 6.45) is 1.18. The molecule has 0 bridgehead atoms. The second-order valence-corrected chi connectivity index (χ2v) is 12.9. The molecule has 0 radical (unpaired) electrons. The number of nitrogens with two attached hydrogens (primary N) is 1. The Labute approximate surface area is 276 Å². The fourth-order valence-electron chi connectivity index (χ4n) is 5.83. The van der Waals surface area contributed by atoms with Crippen molar-refractivity contribution in [2.45, 2.75) is 84.5 Å². The zero-order valence-corrected chi connectivity index (χ0v) is 28.2. The number of hydrogen-bond donors (Lipinski definition) is 3. The standard InChI is InChI=1S/C37H48F2N4O4/c1-7-42(34(45)17-24(3)22-37(5,6)40)33(21-26-13-15-28-11-9-10-12-29(28)18-26)36(47)43(8-2)32(35(46)41-23-25(4)44)20-27-14-16-30(38)31(39)19-27/h9-19,25,32-33,44H,7-8,20-23,40H2,1-6H3,(H,41,46)/b24-17+/t25-,32-,33-/m1/s1.